The van der Waals surface area contributed by atoms with E-state index in [4.69, 9.17) is 0 Å². The summed E-state index contributed by atoms with van der Waals surface area (Å²) in [4.78, 5) is 24.9. The molecule has 2 N–H and O–H groups in total. The van der Waals surface area contributed by atoms with Crippen LogP contribution in [0.5, 0.6) is 0 Å². The minimum atomic E-state index is -0.0919. The number of fused-ring (bicyclic) bond motifs is 2. The number of carbonyl (C=O) groups excluding carboxylic acids is 1. The van der Waals surface area contributed by atoms with Crippen LogP contribution in [0.3, 0.4) is 0 Å². The highest BCUT2D eigenvalue weighted by Crippen LogP contribution is 2.23. The Labute approximate surface area is 181 Å². The summed E-state index contributed by atoms with van der Waals surface area (Å²) in [5.74, 6) is 0.693. The molecular formula is C23H18N4OS2. The van der Waals surface area contributed by atoms with Crippen molar-refractivity contribution in [1.29, 1.82) is 0 Å². The van der Waals surface area contributed by atoms with Gasteiger partial charge in [-0.2, -0.15) is 0 Å². The smallest absolute Gasteiger partial charge is 0.251 e. The summed E-state index contributed by atoms with van der Waals surface area (Å²) in [7, 11) is 0. The second-order valence-corrected chi connectivity index (χ2v) is 8.88. The van der Waals surface area contributed by atoms with Gasteiger partial charge in [-0.15, -0.1) is 11.3 Å². The number of thioether (sulfide) groups is 1. The highest BCUT2D eigenvalue weighted by Gasteiger charge is 2.09. The number of hydrogen-bond donors (Lipinski definition) is 2. The number of benzene rings is 3. The molecule has 5 nitrogen and oxygen atoms in total. The van der Waals surface area contributed by atoms with Gasteiger partial charge in [0.05, 0.1) is 27.8 Å². The van der Waals surface area contributed by atoms with Gasteiger partial charge in [-0.05, 0) is 42.0 Å². The molecule has 0 aliphatic carbocycles. The Kier molecular flexibility index (Phi) is 5.21. The third kappa shape index (κ3) is 4.08. The number of nitrogens with zero attached hydrogens (tertiary/aromatic N) is 2. The van der Waals surface area contributed by atoms with Crippen molar-refractivity contribution in [3.05, 3.63) is 88.9 Å². The molecule has 0 spiro atoms. The number of amides is 1. The first-order valence-corrected chi connectivity index (χ1v) is 11.3. The number of H-pyrrole nitrogens is 1. The van der Waals surface area contributed by atoms with Gasteiger partial charge in [0.1, 0.15) is 5.01 Å². The summed E-state index contributed by atoms with van der Waals surface area (Å²) in [6.07, 6.45) is 0. The van der Waals surface area contributed by atoms with Gasteiger partial charge in [-0.25, -0.2) is 9.97 Å². The first-order chi connectivity index (χ1) is 14.7. The molecular weight excluding hydrogens is 412 g/mol. The number of imidazole rings is 1. The highest BCUT2D eigenvalue weighted by atomic mass is 32.2. The number of hydrogen-bond acceptors (Lipinski definition) is 5. The Balaban J connectivity index is 1.18. The molecule has 0 atom stereocenters. The topological polar surface area (TPSA) is 70.7 Å². The van der Waals surface area contributed by atoms with Gasteiger partial charge in [0, 0.05) is 11.3 Å². The Bertz CT molecular complexity index is 1260. The van der Waals surface area contributed by atoms with Crippen LogP contribution in [0.15, 0.2) is 78.0 Å². The average Bonchev–Trinajstić information content (AvgIpc) is 3.39. The molecule has 5 aromatic rings. The predicted octanol–water partition coefficient (Wildman–Crippen LogP) is 5.39. The van der Waals surface area contributed by atoms with E-state index in [1.807, 2.05) is 72.8 Å². The van der Waals surface area contributed by atoms with Crippen LogP contribution in [0.2, 0.25) is 0 Å². The second kappa shape index (κ2) is 8.30. The number of carbonyl (C=O) groups is 1. The summed E-state index contributed by atoms with van der Waals surface area (Å²) in [6.45, 7) is 0.432. The molecule has 3 aromatic carbocycles. The zero-order valence-electron chi connectivity index (χ0n) is 16.0. The van der Waals surface area contributed by atoms with Crippen molar-refractivity contribution in [2.24, 2.45) is 0 Å². The molecule has 0 aliphatic rings. The van der Waals surface area contributed by atoms with Crippen LogP contribution in [0.4, 0.5) is 0 Å². The Morgan fingerprint density at radius 1 is 0.933 bits per heavy atom. The number of para-hydroxylation sites is 3. The maximum Gasteiger partial charge on any atom is 0.251 e. The number of nitrogens with one attached hydrogen (secondary N) is 2. The lowest BCUT2D eigenvalue weighted by Crippen LogP contribution is -2.22. The molecule has 0 saturated carbocycles. The van der Waals surface area contributed by atoms with Gasteiger partial charge in [0.15, 0.2) is 5.16 Å². The predicted molar refractivity (Wildman–Crippen MR) is 123 cm³/mol. The SMILES string of the molecule is O=C(NCc1nc2ccccc2s1)c1ccc(CSc2nc3ccccc3[nH]2)cc1. The molecule has 0 saturated heterocycles. The van der Waals surface area contributed by atoms with Gasteiger partial charge in [0.2, 0.25) is 0 Å². The van der Waals surface area contributed by atoms with E-state index in [1.165, 1.54) is 0 Å². The average molecular weight is 431 g/mol. The molecule has 30 heavy (non-hydrogen) atoms. The largest absolute Gasteiger partial charge is 0.346 e. The van der Waals surface area contributed by atoms with Crippen molar-refractivity contribution in [1.82, 2.24) is 20.3 Å². The lowest BCUT2D eigenvalue weighted by atomic mass is 10.1. The maximum atomic E-state index is 12.5. The van der Waals surface area contributed by atoms with Crippen LogP contribution in [-0.2, 0) is 12.3 Å². The van der Waals surface area contributed by atoms with Gasteiger partial charge in [-0.3, -0.25) is 4.79 Å². The first-order valence-electron chi connectivity index (χ1n) is 9.54. The van der Waals surface area contributed by atoms with E-state index < -0.39 is 0 Å². The molecule has 0 fully saturated rings. The van der Waals surface area contributed by atoms with Crippen molar-refractivity contribution in [3.8, 4) is 0 Å². The van der Waals surface area contributed by atoms with E-state index in [-0.39, 0.29) is 5.91 Å². The van der Waals surface area contributed by atoms with Crippen LogP contribution in [0, 0.1) is 0 Å². The fourth-order valence-corrected chi connectivity index (χ4v) is 4.90. The van der Waals surface area contributed by atoms with Gasteiger partial charge in [-0.1, -0.05) is 48.2 Å². The molecule has 0 aliphatic heterocycles. The molecule has 7 heteroatoms. The maximum absolute atomic E-state index is 12.5. The van der Waals surface area contributed by atoms with E-state index in [0.29, 0.717) is 12.1 Å². The van der Waals surface area contributed by atoms with Gasteiger partial charge < -0.3 is 10.3 Å². The van der Waals surface area contributed by atoms with Crippen LogP contribution in [0.25, 0.3) is 21.3 Å². The van der Waals surface area contributed by atoms with Crippen molar-refractivity contribution in [3.63, 3.8) is 0 Å². The normalized spacial score (nSPS) is 11.2. The molecule has 148 valence electrons. The molecule has 0 bridgehead atoms. The van der Waals surface area contributed by atoms with Crippen LogP contribution >= 0.6 is 23.1 Å². The fourth-order valence-electron chi connectivity index (χ4n) is 3.16. The number of aromatic amines is 1. The van der Waals surface area contributed by atoms with Crippen molar-refractivity contribution in [2.45, 2.75) is 17.5 Å². The third-order valence-corrected chi connectivity index (χ3v) is 6.68. The van der Waals surface area contributed by atoms with Crippen molar-refractivity contribution in [2.75, 3.05) is 0 Å². The zero-order chi connectivity index (χ0) is 20.3. The summed E-state index contributed by atoms with van der Waals surface area (Å²) < 4.78 is 1.13. The first kappa shape index (κ1) is 18.8. The lowest BCUT2D eigenvalue weighted by Gasteiger charge is -2.05. The van der Waals surface area contributed by atoms with Gasteiger partial charge in [0.25, 0.3) is 5.91 Å². The minimum absolute atomic E-state index is 0.0919. The van der Waals surface area contributed by atoms with Crippen LogP contribution < -0.4 is 5.32 Å². The van der Waals surface area contributed by atoms with E-state index in [0.717, 1.165) is 42.7 Å². The highest BCUT2D eigenvalue weighted by molar-refractivity contribution is 7.98. The van der Waals surface area contributed by atoms with E-state index in [2.05, 4.69) is 20.3 Å². The van der Waals surface area contributed by atoms with Gasteiger partial charge >= 0.3 is 0 Å². The van der Waals surface area contributed by atoms with E-state index in [1.54, 1.807) is 23.1 Å². The lowest BCUT2D eigenvalue weighted by molar-refractivity contribution is 0.0951. The van der Waals surface area contributed by atoms with Crippen molar-refractivity contribution < 1.29 is 4.79 Å². The second-order valence-electron chi connectivity index (χ2n) is 6.80. The molecule has 0 unspecified atom stereocenters. The fraction of sp³-hybridized carbons (Fsp3) is 0.0870. The number of thiazole rings is 1. The summed E-state index contributed by atoms with van der Waals surface area (Å²) in [5.41, 5.74) is 4.77. The van der Waals surface area contributed by atoms with E-state index >= 15 is 0 Å². The summed E-state index contributed by atoms with van der Waals surface area (Å²) in [5, 5.41) is 4.76. The number of rotatable bonds is 6. The monoisotopic (exact) mass is 430 g/mol. The van der Waals surface area contributed by atoms with Crippen molar-refractivity contribution >= 4 is 50.3 Å². The third-order valence-electron chi connectivity index (χ3n) is 4.70. The molecule has 2 aromatic heterocycles. The Morgan fingerprint density at radius 3 is 2.50 bits per heavy atom. The Morgan fingerprint density at radius 2 is 1.70 bits per heavy atom. The molecule has 0 radical (unpaired) electrons. The van der Waals surface area contributed by atoms with E-state index in [9.17, 15) is 4.79 Å². The molecule has 2 heterocycles. The van der Waals surface area contributed by atoms with Crippen LogP contribution in [-0.4, -0.2) is 20.9 Å². The van der Waals surface area contributed by atoms with Crippen LogP contribution in [0.1, 0.15) is 20.9 Å². The Hall–Kier alpha value is -3.16. The molecule has 1 amide bonds. The number of aromatic nitrogens is 3. The quantitative estimate of drug-likeness (QED) is 0.354. The molecule has 5 rings (SSSR count). The zero-order valence-corrected chi connectivity index (χ0v) is 17.6. The summed E-state index contributed by atoms with van der Waals surface area (Å²) in [6, 6.07) is 23.7. The minimum Gasteiger partial charge on any atom is -0.346 e. The standard InChI is InChI=1S/C23H18N4OS2/c28-22(24-13-21-25-19-7-3-4-8-20(19)30-21)16-11-9-15(10-12-16)14-29-23-26-17-5-1-2-6-18(17)27-23/h1-12H,13-14H2,(H,24,28)(H,26,27). The summed E-state index contributed by atoms with van der Waals surface area (Å²) >= 11 is 3.25.